The van der Waals surface area contributed by atoms with E-state index in [2.05, 4.69) is 88.0 Å². The molecular weight excluding hydrogens is 548 g/mol. The summed E-state index contributed by atoms with van der Waals surface area (Å²) in [5, 5.41) is 0. The molecule has 44 heavy (non-hydrogen) atoms. The van der Waals surface area contributed by atoms with Crippen LogP contribution in [-0.4, -0.2) is 26.0 Å². The van der Waals surface area contributed by atoms with E-state index in [9.17, 15) is 9.59 Å². The molecule has 0 fully saturated rings. The summed E-state index contributed by atoms with van der Waals surface area (Å²) >= 11 is 0. The average Bonchev–Trinajstić information content (AvgIpc) is 3.50. The summed E-state index contributed by atoms with van der Waals surface area (Å²) in [6.45, 7) is 8.77. The number of carbonyl (C=O) groups is 2. The Bertz CT molecular complexity index is 1900. The van der Waals surface area contributed by atoms with Gasteiger partial charge in [0.2, 0.25) is 0 Å². The predicted molar refractivity (Wildman–Crippen MR) is 172 cm³/mol. The number of hydrogen-bond donors (Lipinski definition) is 0. The van der Waals surface area contributed by atoms with Crippen molar-refractivity contribution in [1.82, 2.24) is 0 Å². The van der Waals surface area contributed by atoms with Crippen molar-refractivity contribution in [2.75, 3.05) is 23.9 Å². The maximum Gasteiger partial charge on any atom is 0.348 e. The molecule has 4 heterocycles. The zero-order valence-corrected chi connectivity index (χ0v) is 25.6. The number of anilines is 4. The molecule has 0 bridgehead atoms. The average molecular weight is 581 g/mol. The Kier molecular flexibility index (Phi) is 5.26. The van der Waals surface area contributed by atoms with Crippen molar-refractivity contribution in [3.63, 3.8) is 0 Å². The molecule has 4 aliphatic heterocycles. The first-order valence-electron chi connectivity index (χ1n) is 14.9. The molecule has 0 aliphatic carbocycles. The molecule has 0 amide bonds. The number of benzene rings is 4. The van der Waals surface area contributed by atoms with Gasteiger partial charge in [-0.1, -0.05) is 76.2 Å². The number of carbonyl (C=O) groups excluding carboxylic acids is 2. The molecule has 0 spiro atoms. The smallest absolute Gasteiger partial charge is 0.348 e. The fourth-order valence-corrected chi connectivity index (χ4v) is 7.50. The lowest BCUT2D eigenvalue weighted by molar-refractivity contribution is -0.131. The Morgan fingerprint density at radius 3 is 1.27 bits per heavy atom. The van der Waals surface area contributed by atoms with Crippen LogP contribution < -0.4 is 9.80 Å². The molecule has 218 valence electrons. The van der Waals surface area contributed by atoms with Crippen molar-refractivity contribution in [2.45, 2.75) is 38.5 Å². The number of ether oxygens (including phenoxy) is 2. The van der Waals surface area contributed by atoms with Crippen LogP contribution in [0.5, 0.6) is 0 Å². The number of fused-ring (bicyclic) bond motifs is 5. The van der Waals surface area contributed by atoms with Crippen LogP contribution in [0.2, 0.25) is 0 Å². The number of nitrogens with zero attached hydrogens (tertiary/aromatic N) is 2. The molecular formula is C38H32N2O4. The van der Waals surface area contributed by atoms with Crippen molar-refractivity contribution in [1.29, 1.82) is 0 Å². The number of rotatable bonds is 2. The second-order valence-electron chi connectivity index (χ2n) is 13.1. The number of hydrogen-bond acceptors (Lipinski definition) is 6. The van der Waals surface area contributed by atoms with Crippen molar-refractivity contribution < 1.29 is 19.1 Å². The normalized spacial score (nSPS) is 18.8. The predicted octanol–water partition coefficient (Wildman–Crippen LogP) is 7.74. The highest BCUT2D eigenvalue weighted by atomic mass is 16.6. The van der Waals surface area contributed by atoms with Crippen LogP contribution in [0.3, 0.4) is 0 Å². The van der Waals surface area contributed by atoms with Gasteiger partial charge in [0.1, 0.15) is 11.1 Å². The highest BCUT2D eigenvalue weighted by Crippen LogP contribution is 2.52. The fourth-order valence-electron chi connectivity index (χ4n) is 7.50. The van der Waals surface area contributed by atoms with Crippen molar-refractivity contribution >= 4 is 45.8 Å². The van der Waals surface area contributed by atoms with Crippen LogP contribution in [0, 0.1) is 0 Å². The van der Waals surface area contributed by atoms with Gasteiger partial charge in [-0.25, -0.2) is 9.59 Å². The van der Waals surface area contributed by atoms with Gasteiger partial charge in [-0.3, -0.25) is 0 Å². The van der Waals surface area contributed by atoms with Crippen LogP contribution in [-0.2, 0) is 29.9 Å². The zero-order valence-electron chi connectivity index (χ0n) is 25.6. The van der Waals surface area contributed by atoms with Gasteiger partial charge in [-0.2, -0.15) is 0 Å². The third-order valence-corrected chi connectivity index (χ3v) is 9.98. The van der Waals surface area contributed by atoms with Gasteiger partial charge in [-0.15, -0.1) is 0 Å². The second kappa shape index (κ2) is 8.73. The van der Waals surface area contributed by atoms with E-state index in [1.807, 2.05) is 48.5 Å². The Labute approximate surface area is 256 Å². The summed E-state index contributed by atoms with van der Waals surface area (Å²) in [6, 6.07) is 28.7. The standard InChI is InChI=1S/C38H32N2O4/c1-37(2)23-11-7-9-13-27(23)39(5)29-17-15-21(19-25(29)37)31-33-34(44-35(31)41)32(36(42)43-33)22-16-18-30-26(20-22)38(3,4)24-12-8-10-14-28(24)40(30)6/h7-20H,1-6H3. The Morgan fingerprint density at radius 2 is 0.864 bits per heavy atom. The lowest BCUT2D eigenvalue weighted by Gasteiger charge is -2.40. The molecule has 0 aromatic heterocycles. The quantitative estimate of drug-likeness (QED) is 0.226. The third kappa shape index (κ3) is 3.36. The largest absolute Gasteiger partial charge is 0.418 e. The van der Waals surface area contributed by atoms with E-state index in [4.69, 9.17) is 9.47 Å². The summed E-state index contributed by atoms with van der Waals surface area (Å²) in [5.74, 6) is -0.655. The Hall–Kier alpha value is -5.10. The molecule has 0 unspecified atom stereocenters. The van der Waals surface area contributed by atoms with Crippen LogP contribution in [0.25, 0.3) is 11.1 Å². The van der Waals surface area contributed by atoms with Gasteiger partial charge < -0.3 is 19.3 Å². The fraction of sp³-hybridized carbons (Fsp3) is 0.211. The van der Waals surface area contributed by atoms with Crippen molar-refractivity contribution in [2.24, 2.45) is 0 Å². The zero-order chi connectivity index (χ0) is 30.7. The van der Waals surface area contributed by atoms with Gasteiger partial charge in [0, 0.05) is 47.7 Å². The SMILES string of the molecule is CN1c2ccccc2C(C)(C)c2cc(C3=C4OC(=O)C(c5ccc6c(c5)C(C)(C)c5ccccc5N6C)=C4OC3=O)ccc21. The van der Waals surface area contributed by atoms with E-state index in [1.54, 1.807) is 0 Å². The minimum atomic E-state index is -0.519. The molecule has 4 aromatic carbocycles. The monoisotopic (exact) mass is 580 g/mol. The molecule has 0 saturated carbocycles. The lowest BCUT2D eigenvalue weighted by Crippen LogP contribution is -2.31. The van der Waals surface area contributed by atoms with Gasteiger partial charge in [0.15, 0.2) is 11.5 Å². The van der Waals surface area contributed by atoms with Gasteiger partial charge >= 0.3 is 11.9 Å². The molecule has 6 heteroatoms. The molecule has 0 saturated heterocycles. The van der Waals surface area contributed by atoms with Crippen molar-refractivity contribution in [3.05, 3.63) is 130 Å². The van der Waals surface area contributed by atoms with Crippen molar-refractivity contribution in [3.8, 4) is 0 Å². The van der Waals surface area contributed by atoms with Gasteiger partial charge in [0.25, 0.3) is 0 Å². The van der Waals surface area contributed by atoms with Gasteiger partial charge in [0.05, 0.1) is 0 Å². The van der Waals surface area contributed by atoms with Crippen LogP contribution >= 0.6 is 0 Å². The molecule has 8 rings (SSSR count). The second-order valence-corrected chi connectivity index (χ2v) is 13.1. The highest BCUT2D eigenvalue weighted by Gasteiger charge is 2.45. The lowest BCUT2D eigenvalue weighted by atomic mass is 9.73. The van der Waals surface area contributed by atoms with Crippen LogP contribution in [0.4, 0.5) is 22.7 Å². The van der Waals surface area contributed by atoms with E-state index in [1.165, 1.54) is 11.1 Å². The summed E-state index contributed by atoms with van der Waals surface area (Å²) in [6.07, 6.45) is 0. The van der Waals surface area contributed by atoms with E-state index in [0.717, 1.165) is 33.9 Å². The topological polar surface area (TPSA) is 59.1 Å². The number of para-hydroxylation sites is 2. The molecule has 0 radical (unpaired) electrons. The Balaban J connectivity index is 1.25. The molecule has 4 aliphatic rings. The van der Waals surface area contributed by atoms with Crippen LogP contribution in [0.15, 0.2) is 96.4 Å². The minimum Gasteiger partial charge on any atom is -0.418 e. The summed E-state index contributed by atoms with van der Waals surface area (Å²) in [4.78, 5) is 31.3. The third-order valence-electron chi connectivity index (χ3n) is 9.98. The minimum absolute atomic E-state index is 0.191. The summed E-state index contributed by atoms with van der Waals surface area (Å²) in [5.41, 5.74) is 10.3. The van der Waals surface area contributed by atoms with E-state index >= 15 is 0 Å². The molecule has 0 atom stereocenters. The first-order valence-corrected chi connectivity index (χ1v) is 14.9. The van der Waals surface area contributed by atoms with E-state index < -0.39 is 11.9 Å². The summed E-state index contributed by atoms with van der Waals surface area (Å²) in [7, 11) is 4.11. The Morgan fingerprint density at radius 1 is 0.500 bits per heavy atom. The molecule has 0 N–H and O–H groups in total. The maximum atomic E-state index is 13.5. The van der Waals surface area contributed by atoms with E-state index in [0.29, 0.717) is 11.1 Å². The highest BCUT2D eigenvalue weighted by molar-refractivity contribution is 6.29. The maximum absolute atomic E-state index is 13.5. The first-order chi connectivity index (χ1) is 21.0. The summed E-state index contributed by atoms with van der Waals surface area (Å²) < 4.78 is 11.7. The van der Waals surface area contributed by atoms with E-state index in [-0.39, 0.29) is 33.5 Å². The van der Waals surface area contributed by atoms with Crippen LogP contribution in [0.1, 0.15) is 61.1 Å². The van der Waals surface area contributed by atoms with Gasteiger partial charge in [-0.05, 0) is 69.8 Å². The molecule has 4 aromatic rings. The number of esters is 2. The first kappa shape index (κ1) is 26.5. The molecule has 6 nitrogen and oxygen atoms in total.